The van der Waals surface area contributed by atoms with Gasteiger partial charge in [0.15, 0.2) is 0 Å². The average molecular weight is 419 g/mol. The van der Waals surface area contributed by atoms with Crippen LogP contribution in [0.3, 0.4) is 0 Å². The Morgan fingerprint density at radius 1 is 1.16 bits per heavy atom. The molecule has 1 N–H and O–H groups in total. The number of benzene rings is 1. The van der Waals surface area contributed by atoms with Crippen LogP contribution in [0.15, 0.2) is 52.4 Å². The zero-order valence-corrected chi connectivity index (χ0v) is 15.3. The topological polar surface area (TPSA) is 102 Å². The molecule has 4 aromatic rings. The van der Waals surface area contributed by atoms with E-state index in [-0.39, 0.29) is 10.9 Å². The molecule has 0 aliphatic carbocycles. The van der Waals surface area contributed by atoms with Gasteiger partial charge < -0.3 is 0 Å². The first-order valence-corrected chi connectivity index (χ1v) is 9.48. The largest absolute Gasteiger partial charge is 0.299 e. The lowest BCUT2D eigenvalue weighted by Crippen LogP contribution is -2.15. The number of hydrogen-bond donors (Lipinski definition) is 1. The number of aryl methyl sites for hydroxylation is 1. The van der Waals surface area contributed by atoms with Crippen LogP contribution in [-0.4, -0.2) is 33.0 Å². The summed E-state index contributed by atoms with van der Waals surface area (Å²) >= 11 is 3.36. The van der Waals surface area contributed by atoms with Crippen LogP contribution in [0.2, 0.25) is 0 Å². The molecule has 126 valence electrons. The third-order valence-corrected chi connectivity index (χ3v) is 5.32. The number of aromatic nitrogens is 5. The van der Waals surface area contributed by atoms with Crippen LogP contribution >= 0.6 is 15.9 Å². The highest BCUT2D eigenvalue weighted by Crippen LogP contribution is 2.31. The predicted octanol–water partition coefficient (Wildman–Crippen LogP) is 2.54. The summed E-state index contributed by atoms with van der Waals surface area (Å²) in [6.07, 6.45) is 3.21. The average Bonchev–Trinajstić information content (AvgIpc) is 3.01. The van der Waals surface area contributed by atoms with Gasteiger partial charge in [-0.25, -0.2) is 9.50 Å². The van der Waals surface area contributed by atoms with E-state index in [0.717, 1.165) is 11.1 Å². The molecular weight excluding hydrogens is 408 g/mol. The van der Waals surface area contributed by atoms with Gasteiger partial charge in [0.05, 0.1) is 11.2 Å². The number of nitrogens with one attached hydrogen (secondary N) is 1. The molecule has 10 heteroatoms. The first kappa shape index (κ1) is 15.9. The Morgan fingerprint density at radius 2 is 2.00 bits per heavy atom. The van der Waals surface area contributed by atoms with Crippen LogP contribution in [0.4, 0.5) is 5.69 Å². The molecule has 0 saturated heterocycles. The van der Waals surface area contributed by atoms with Crippen molar-refractivity contribution in [1.82, 2.24) is 24.6 Å². The number of nitrogens with zero attached hydrogens (tertiary/aromatic N) is 5. The second-order valence-electron chi connectivity index (χ2n) is 5.31. The number of sulfonamides is 1. The van der Waals surface area contributed by atoms with Gasteiger partial charge in [-0.1, -0.05) is 12.1 Å². The van der Waals surface area contributed by atoms with Gasteiger partial charge >= 0.3 is 0 Å². The van der Waals surface area contributed by atoms with Crippen LogP contribution < -0.4 is 4.72 Å². The molecule has 4 rings (SSSR count). The van der Waals surface area contributed by atoms with Crippen molar-refractivity contribution in [3.8, 4) is 0 Å². The van der Waals surface area contributed by atoms with Crippen molar-refractivity contribution in [3.05, 3.63) is 52.9 Å². The Hall–Kier alpha value is -2.59. The van der Waals surface area contributed by atoms with Gasteiger partial charge in [0.25, 0.3) is 21.0 Å². The standard InChI is InChI=1S/C15H11BrN6O2S/c1-9-6-8-22-14(18-9)19-15(20-22)25(23,24)21-13-11(16)5-4-10-3-2-7-17-12(10)13/h2-8,21H,1H3. The Bertz CT molecular complexity index is 1220. The highest BCUT2D eigenvalue weighted by atomic mass is 79.9. The minimum atomic E-state index is -4.01. The molecule has 0 saturated carbocycles. The number of hydrogen-bond acceptors (Lipinski definition) is 6. The van der Waals surface area contributed by atoms with E-state index in [4.69, 9.17) is 0 Å². The zero-order chi connectivity index (χ0) is 17.6. The maximum atomic E-state index is 12.7. The SMILES string of the molecule is Cc1ccn2nc(S(=O)(=O)Nc3c(Br)ccc4cccnc34)nc2n1. The first-order valence-electron chi connectivity index (χ1n) is 7.20. The van der Waals surface area contributed by atoms with Crippen LogP contribution in [0.5, 0.6) is 0 Å². The quantitative estimate of drug-likeness (QED) is 0.548. The molecule has 0 unspecified atom stereocenters. The van der Waals surface area contributed by atoms with E-state index >= 15 is 0 Å². The van der Waals surface area contributed by atoms with Gasteiger partial charge in [-0.3, -0.25) is 9.71 Å². The molecule has 1 aromatic carbocycles. The maximum absolute atomic E-state index is 12.7. The van der Waals surface area contributed by atoms with Crippen molar-refractivity contribution in [2.24, 2.45) is 0 Å². The summed E-state index contributed by atoms with van der Waals surface area (Å²) in [7, 11) is -4.01. The molecule has 0 radical (unpaired) electrons. The van der Waals surface area contributed by atoms with Crippen LogP contribution in [0, 0.1) is 6.92 Å². The minimum absolute atomic E-state index is 0.218. The van der Waals surface area contributed by atoms with Gasteiger partial charge in [0, 0.05) is 27.9 Å². The molecule has 0 aliphatic heterocycles. The highest BCUT2D eigenvalue weighted by Gasteiger charge is 2.23. The van der Waals surface area contributed by atoms with Crippen molar-refractivity contribution in [2.45, 2.75) is 12.1 Å². The van der Waals surface area contributed by atoms with Crippen molar-refractivity contribution in [1.29, 1.82) is 0 Å². The van der Waals surface area contributed by atoms with Crippen LogP contribution in [0.1, 0.15) is 5.69 Å². The Labute approximate surface area is 151 Å². The van der Waals surface area contributed by atoms with E-state index in [9.17, 15) is 8.42 Å². The lowest BCUT2D eigenvalue weighted by molar-refractivity contribution is 0.592. The van der Waals surface area contributed by atoms with E-state index in [1.165, 1.54) is 4.52 Å². The zero-order valence-electron chi connectivity index (χ0n) is 12.9. The van der Waals surface area contributed by atoms with Gasteiger partial charge in [-0.05, 0) is 41.1 Å². The Kier molecular flexibility index (Phi) is 3.65. The van der Waals surface area contributed by atoms with E-state index < -0.39 is 10.0 Å². The number of rotatable bonds is 3. The van der Waals surface area contributed by atoms with Gasteiger partial charge in [0.2, 0.25) is 0 Å². The molecular formula is C15H11BrN6O2S. The number of pyridine rings is 1. The monoisotopic (exact) mass is 418 g/mol. The van der Waals surface area contributed by atoms with Crippen LogP contribution in [-0.2, 0) is 10.0 Å². The van der Waals surface area contributed by atoms with Crippen molar-refractivity contribution < 1.29 is 8.42 Å². The Morgan fingerprint density at radius 3 is 2.84 bits per heavy atom. The van der Waals surface area contributed by atoms with E-state index in [2.05, 4.69) is 40.7 Å². The van der Waals surface area contributed by atoms with Gasteiger partial charge in [-0.2, -0.15) is 13.4 Å². The second kappa shape index (κ2) is 5.74. The molecule has 3 aromatic heterocycles. The summed E-state index contributed by atoms with van der Waals surface area (Å²) < 4.78 is 29.9. The van der Waals surface area contributed by atoms with E-state index in [1.54, 1.807) is 37.5 Å². The lowest BCUT2D eigenvalue weighted by atomic mass is 10.2. The van der Waals surface area contributed by atoms with Gasteiger partial charge in [0.1, 0.15) is 0 Å². The number of halogens is 1. The molecule has 0 fully saturated rings. The summed E-state index contributed by atoms with van der Waals surface area (Å²) in [6.45, 7) is 1.79. The molecule has 0 atom stereocenters. The fourth-order valence-electron chi connectivity index (χ4n) is 2.36. The summed E-state index contributed by atoms with van der Waals surface area (Å²) in [6, 6.07) is 8.95. The minimum Gasteiger partial charge on any atom is -0.274 e. The van der Waals surface area contributed by atoms with Gasteiger partial charge in [-0.15, -0.1) is 5.10 Å². The molecule has 0 bridgehead atoms. The number of fused-ring (bicyclic) bond motifs is 2. The molecule has 25 heavy (non-hydrogen) atoms. The predicted molar refractivity (Wildman–Crippen MR) is 95.8 cm³/mol. The molecule has 8 nitrogen and oxygen atoms in total. The summed E-state index contributed by atoms with van der Waals surface area (Å²) in [5.41, 5.74) is 1.58. The molecule has 0 amide bonds. The third-order valence-electron chi connectivity index (χ3n) is 3.53. The normalized spacial score (nSPS) is 11.9. The van der Waals surface area contributed by atoms with E-state index in [0.29, 0.717) is 15.7 Å². The second-order valence-corrected chi connectivity index (χ2v) is 7.74. The third kappa shape index (κ3) is 2.83. The Balaban J connectivity index is 1.82. The summed E-state index contributed by atoms with van der Waals surface area (Å²) in [4.78, 5) is 12.4. The highest BCUT2D eigenvalue weighted by molar-refractivity contribution is 9.10. The fourth-order valence-corrected chi connectivity index (χ4v) is 3.87. The van der Waals surface area contributed by atoms with Crippen molar-refractivity contribution >= 4 is 48.3 Å². The van der Waals surface area contributed by atoms with Crippen LogP contribution in [0.25, 0.3) is 16.7 Å². The lowest BCUT2D eigenvalue weighted by Gasteiger charge is -2.10. The number of anilines is 1. The first-order chi connectivity index (χ1) is 11.9. The summed E-state index contributed by atoms with van der Waals surface area (Å²) in [5.74, 6) is 0.218. The van der Waals surface area contributed by atoms with Crippen molar-refractivity contribution in [2.75, 3.05) is 4.72 Å². The smallest absolute Gasteiger partial charge is 0.274 e. The van der Waals surface area contributed by atoms with E-state index in [1.807, 2.05) is 12.1 Å². The summed E-state index contributed by atoms with van der Waals surface area (Å²) in [5, 5.41) is 4.44. The maximum Gasteiger partial charge on any atom is 0.299 e. The van der Waals surface area contributed by atoms with Crippen molar-refractivity contribution in [3.63, 3.8) is 0 Å². The fraction of sp³-hybridized carbons (Fsp3) is 0.0667. The molecule has 0 aliphatic rings. The molecule has 0 spiro atoms. The molecule has 3 heterocycles.